The van der Waals surface area contributed by atoms with Crippen molar-refractivity contribution in [3.63, 3.8) is 0 Å². The number of aryl methyl sites for hydroxylation is 1. The molecule has 1 amide bonds. The van der Waals surface area contributed by atoms with Crippen molar-refractivity contribution in [1.82, 2.24) is 15.4 Å². The van der Waals surface area contributed by atoms with E-state index in [1.54, 1.807) is 24.3 Å². The maximum atomic E-state index is 12.3. The van der Waals surface area contributed by atoms with Gasteiger partial charge in [-0.25, -0.2) is 9.97 Å². The fourth-order valence-corrected chi connectivity index (χ4v) is 2.72. The van der Waals surface area contributed by atoms with Crippen LogP contribution in [0.5, 0.6) is 11.5 Å². The number of fused-ring (bicyclic) bond motifs is 1. The first-order valence-electron chi connectivity index (χ1n) is 8.51. The minimum Gasteiger partial charge on any atom is -0.454 e. The molecule has 5 N–H and O–H groups in total. The summed E-state index contributed by atoms with van der Waals surface area (Å²) in [5.41, 5.74) is 13.9. The van der Waals surface area contributed by atoms with Crippen LogP contribution in [-0.4, -0.2) is 22.7 Å². The quantitative estimate of drug-likeness (QED) is 0.500. The highest BCUT2D eigenvalue weighted by Crippen LogP contribution is 2.35. The van der Waals surface area contributed by atoms with E-state index in [-0.39, 0.29) is 24.2 Å². The van der Waals surface area contributed by atoms with Gasteiger partial charge in [0.15, 0.2) is 23.1 Å². The second-order valence-electron chi connectivity index (χ2n) is 6.07. The first kappa shape index (κ1) is 17.4. The number of anilines is 4. The molecule has 0 spiro atoms. The van der Waals surface area contributed by atoms with E-state index >= 15 is 0 Å². The highest BCUT2D eigenvalue weighted by atomic mass is 16.7. The third kappa shape index (κ3) is 3.45. The SMILES string of the molecule is Cc1ccccc1C(=O)NNc1ncnc(Nc2ccc3c(c2)OCO3)c1N. The van der Waals surface area contributed by atoms with Crippen LogP contribution in [0.25, 0.3) is 0 Å². The normalized spacial score (nSPS) is 11.8. The number of aromatic nitrogens is 2. The largest absolute Gasteiger partial charge is 0.454 e. The highest BCUT2D eigenvalue weighted by Gasteiger charge is 2.15. The van der Waals surface area contributed by atoms with Gasteiger partial charge in [-0.1, -0.05) is 18.2 Å². The Morgan fingerprint density at radius 3 is 2.71 bits per heavy atom. The molecule has 1 aliphatic rings. The molecule has 0 unspecified atom stereocenters. The summed E-state index contributed by atoms with van der Waals surface area (Å²) >= 11 is 0. The molecule has 9 heteroatoms. The van der Waals surface area contributed by atoms with Crippen molar-refractivity contribution in [3.8, 4) is 11.5 Å². The summed E-state index contributed by atoms with van der Waals surface area (Å²) in [7, 11) is 0. The summed E-state index contributed by atoms with van der Waals surface area (Å²) in [6, 6.07) is 12.7. The maximum Gasteiger partial charge on any atom is 0.269 e. The zero-order chi connectivity index (χ0) is 19.5. The van der Waals surface area contributed by atoms with Gasteiger partial charge in [0.25, 0.3) is 5.91 Å². The second-order valence-corrected chi connectivity index (χ2v) is 6.07. The Bertz CT molecular complexity index is 1040. The van der Waals surface area contributed by atoms with Gasteiger partial charge >= 0.3 is 0 Å². The molecule has 4 rings (SSSR count). The predicted molar refractivity (Wildman–Crippen MR) is 105 cm³/mol. The fraction of sp³-hybridized carbons (Fsp3) is 0.105. The molecule has 0 fully saturated rings. The van der Waals surface area contributed by atoms with Crippen LogP contribution in [0.4, 0.5) is 23.0 Å². The number of nitrogens with two attached hydrogens (primary N) is 1. The summed E-state index contributed by atoms with van der Waals surface area (Å²) in [6.07, 6.45) is 1.34. The molecule has 142 valence electrons. The van der Waals surface area contributed by atoms with Gasteiger partial charge in [0, 0.05) is 17.3 Å². The molecule has 0 saturated heterocycles. The number of hydrogen-bond donors (Lipinski definition) is 4. The molecule has 1 aromatic heterocycles. The molecule has 0 radical (unpaired) electrons. The van der Waals surface area contributed by atoms with E-state index < -0.39 is 0 Å². The molecule has 0 aliphatic carbocycles. The molecule has 28 heavy (non-hydrogen) atoms. The molecule has 0 atom stereocenters. The fourth-order valence-electron chi connectivity index (χ4n) is 2.72. The predicted octanol–water partition coefficient (Wildman–Crippen LogP) is 2.60. The maximum absolute atomic E-state index is 12.3. The lowest BCUT2D eigenvalue weighted by Gasteiger charge is -2.14. The number of nitrogens with one attached hydrogen (secondary N) is 3. The Kier molecular flexibility index (Phi) is 4.55. The summed E-state index contributed by atoms with van der Waals surface area (Å²) in [5.74, 6) is 1.70. The summed E-state index contributed by atoms with van der Waals surface area (Å²) in [5, 5.41) is 3.11. The Balaban J connectivity index is 1.48. The van der Waals surface area contributed by atoms with Gasteiger partial charge in [0.1, 0.15) is 12.0 Å². The van der Waals surface area contributed by atoms with E-state index in [4.69, 9.17) is 15.2 Å². The van der Waals surface area contributed by atoms with E-state index in [0.717, 1.165) is 11.3 Å². The molecule has 2 aromatic carbocycles. The number of hydrazine groups is 1. The van der Waals surface area contributed by atoms with Gasteiger partial charge in [-0.2, -0.15) is 0 Å². The van der Waals surface area contributed by atoms with Gasteiger partial charge in [0.05, 0.1) is 0 Å². The lowest BCUT2D eigenvalue weighted by Crippen LogP contribution is -2.30. The monoisotopic (exact) mass is 378 g/mol. The van der Waals surface area contributed by atoms with E-state index in [9.17, 15) is 4.79 Å². The van der Waals surface area contributed by atoms with Crippen molar-refractivity contribution in [1.29, 1.82) is 0 Å². The first-order valence-corrected chi connectivity index (χ1v) is 8.51. The average molecular weight is 378 g/mol. The number of benzene rings is 2. The van der Waals surface area contributed by atoms with Gasteiger partial charge in [0.2, 0.25) is 6.79 Å². The number of rotatable bonds is 5. The van der Waals surface area contributed by atoms with Crippen LogP contribution in [-0.2, 0) is 0 Å². The Hall–Kier alpha value is -4.01. The minimum absolute atomic E-state index is 0.198. The molecule has 2 heterocycles. The molecule has 0 bridgehead atoms. The average Bonchev–Trinajstić information content (AvgIpc) is 3.16. The van der Waals surface area contributed by atoms with Gasteiger partial charge in [-0.05, 0) is 30.7 Å². The molecular formula is C19H18N6O3. The number of nitrogen functional groups attached to an aromatic ring is 1. The van der Waals surface area contributed by atoms with Crippen LogP contribution in [0, 0.1) is 6.92 Å². The zero-order valence-corrected chi connectivity index (χ0v) is 15.0. The van der Waals surface area contributed by atoms with Crippen molar-refractivity contribution in [2.75, 3.05) is 23.3 Å². The summed E-state index contributed by atoms with van der Waals surface area (Å²) < 4.78 is 10.7. The standard InChI is InChI=1S/C19H18N6O3/c1-11-4-2-3-5-13(11)19(26)25-24-18-16(20)17(21-9-22-18)23-12-6-7-14-15(8-12)28-10-27-14/h2-9H,10,20H2,1H3,(H,25,26)(H2,21,22,23,24). The molecule has 1 aliphatic heterocycles. The lowest BCUT2D eigenvalue weighted by atomic mass is 10.1. The third-order valence-electron chi connectivity index (χ3n) is 4.20. The molecule has 3 aromatic rings. The zero-order valence-electron chi connectivity index (χ0n) is 15.0. The van der Waals surface area contributed by atoms with E-state index in [0.29, 0.717) is 22.9 Å². The van der Waals surface area contributed by atoms with Crippen LogP contribution in [0.15, 0.2) is 48.8 Å². The smallest absolute Gasteiger partial charge is 0.269 e. The van der Waals surface area contributed by atoms with Gasteiger partial charge in [-0.3, -0.25) is 15.6 Å². The Morgan fingerprint density at radius 1 is 1.07 bits per heavy atom. The number of carbonyl (C=O) groups excluding carboxylic acids is 1. The summed E-state index contributed by atoms with van der Waals surface area (Å²) in [6.45, 7) is 2.06. The van der Waals surface area contributed by atoms with Crippen molar-refractivity contribution >= 4 is 28.9 Å². The van der Waals surface area contributed by atoms with Crippen molar-refractivity contribution < 1.29 is 14.3 Å². The first-order chi connectivity index (χ1) is 13.6. The molecule has 9 nitrogen and oxygen atoms in total. The van der Waals surface area contributed by atoms with Crippen LogP contribution >= 0.6 is 0 Å². The number of hydrogen-bond acceptors (Lipinski definition) is 8. The number of ether oxygens (including phenoxy) is 2. The molecule has 0 saturated carbocycles. The molecular weight excluding hydrogens is 360 g/mol. The minimum atomic E-state index is -0.290. The van der Waals surface area contributed by atoms with Crippen LogP contribution in [0.3, 0.4) is 0 Å². The highest BCUT2D eigenvalue weighted by molar-refractivity contribution is 5.96. The van der Waals surface area contributed by atoms with Crippen LogP contribution < -0.4 is 31.4 Å². The van der Waals surface area contributed by atoms with E-state index in [2.05, 4.69) is 26.1 Å². The number of carbonyl (C=O) groups is 1. The third-order valence-corrected chi connectivity index (χ3v) is 4.20. The van der Waals surface area contributed by atoms with Crippen LogP contribution in [0.1, 0.15) is 15.9 Å². The van der Waals surface area contributed by atoms with Crippen molar-refractivity contribution in [3.05, 3.63) is 59.9 Å². The van der Waals surface area contributed by atoms with E-state index in [1.807, 2.05) is 25.1 Å². The van der Waals surface area contributed by atoms with Crippen molar-refractivity contribution in [2.24, 2.45) is 0 Å². The van der Waals surface area contributed by atoms with Crippen LogP contribution in [0.2, 0.25) is 0 Å². The van der Waals surface area contributed by atoms with Gasteiger partial charge in [-0.15, -0.1) is 0 Å². The topological polar surface area (TPSA) is 123 Å². The second kappa shape index (κ2) is 7.31. The summed E-state index contributed by atoms with van der Waals surface area (Å²) in [4.78, 5) is 20.6. The van der Waals surface area contributed by atoms with Crippen molar-refractivity contribution in [2.45, 2.75) is 6.92 Å². The number of nitrogens with zero attached hydrogens (tertiary/aromatic N) is 2. The number of amides is 1. The Morgan fingerprint density at radius 2 is 1.86 bits per heavy atom. The lowest BCUT2D eigenvalue weighted by molar-refractivity contribution is 0.0962. The Labute approximate surface area is 160 Å². The van der Waals surface area contributed by atoms with Gasteiger partial charge < -0.3 is 20.5 Å². The van der Waals surface area contributed by atoms with E-state index in [1.165, 1.54) is 6.33 Å².